The van der Waals surface area contributed by atoms with E-state index in [9.17, 15) is 4.79 Å². The van der Waals surface area contributed by atoms with E-state index in [1.54, 1.807) is 0 Å². The zero-order valence-electron chi connectivity index (χ0n) is 19.6. The molecule has 0 spiro atoms. The van der Waals surface area contributed by atoms with E-state index in [4.69, 9.17) is 0 Å². The Labute approximate surface area is 192 Å². The number of rotatable bonds is 7. The number of hydrogen-bond donors (Lipinski definition) is 1. The quantitative estimate of drug-likeness (QED) is 0.665. The Morgan fingerprint density at radius 3 is 2.56 bits per heavy atom. The number of piperidine rings is 2. The number of nitrogens with one attached hydrogen (secondary N) is 1. The molecule has 1 aromatic heterocycles. The highest BCUT2D eigenvalue weighted by Crippen LogP contribution is 2.23. The van der Waals surface area contributed by atoms with Crippen LogP contribution in [0.5, 0.6) is 0 Å². The summed E-state index contributed by atoms with van der Waals surface area (Å²) in [6.45, 7) is 9.16. The zero-order chi connectivity index (χ0) is 22.3. The third-order valence-electron chi connectivity index (χ3n) is 7.00. The normalized spacial score (nSPS) is 20.3. The number of nitrogens with zero attached hydrogens (tertiary/aromatic N) is 4. The van der Waals surface area contributed by atoms with Crippen LogP contribution >= 0.6 is 0 Å². The smallest absolute Gasteiger partial charge is 0.225 e. The highest BCUT2D eigenvalue weighted by molar-refractivity contribution is 5.78. The van der Waals surface area contributed by atoms with E-state index in [0.29, 0.717) is 6.04 Å². The van der Waals surface area contributed by atoms with Gasteiger partial charge in [0, 0.05) is 56.1 Å². The van der Waals surface area contributed by atoms with Crippen molar-refractivity contribution in [3.63, 3.8) is 0 Å². The van der Waals surface area contributed by atoms with Crippen molar-refractivity contribution >= 4 is 11.9 Å². The first-order valence-corrected chi connectivity index (χ1v) is 12.3. The molecule has 0 radical (unpaired) electrons. The lowest BCUT2D eigenvalue weighted by Crippen LogP contribution is -2.42. The maximum absolute atomic E-state index is 12.6. The lowest BCUT2D eigenvalue weighted by Gasteiger charge is -2.33. The molecule has 2 aliphatic rings. The fourth-order valence-corrected chi connectivity index (χ4v) is 4.93. The van der Waals surface area contributed by atoms with Gasteiger partial charge in [-0.25, -0.2) is 9.97 Å². The molecule has 0 saturated carbocycles. The molecular formula is C26H37N5O. The third-order valence-corrected chi connectivity index (χ3v) is 7.00. The summed E-state index contributed by atoms with van der Waals surface area (Å²) in [5.74, 6) is 1.08. The Bertz CT molecular complexity index is 876. The van der Waals surface area contributed by atoms with Gasteiger partial charge in [-0.05, 0) is 58.1 Å². The maximum Gasteiger partial charge on any atom is 0.225 e. The van der Waals surface area contributed by atoms with Gasteiger partial charge in [0.15, 0.2) is 0 Å². The second-order valence-electron chi connectivity index (χ2n) is 9.43. The summed E-state index contributed by atoms with van der Waals surface area (Å²) in [6.07, 6.45) is 10.5. The molecule has 2 fully saturated rings. The highest BCUT2D eigenvalue weighted by Gasteiger charge is 2.26. The van der Waals surface area contributed by atoms with Crippen LogP contribution in [0.25, 0.3) is 11.1 Å². The van der Waals surface area contributed by atoms with Crippen molar-refractivity contribution in [2.75, 3.05) is 37.6 Å². The number of carbonyl (C=O) groups is 1. The average molecular weight is 436 g/mol. The number of benzene rings is 1. The van der Waals surface area contributed by atoms with Gasteiger partial charge in [0.1, 0.15) is 0 Å². The molecule has 1 aromatic carbocycles. The SMILES string of the molecule is Cc1cccc(-c2cnc(N3CCC(C(=O)NCCCN4CCCC[C@H]4C)CC3)nc2)c1. The number of anilines is 1. The molecule has 0 unspecified atom stereocenters. The molecule has 172 valence electrons. The summed E-state index contributed by atoms with van der Waals surface area (Å²) >= 11 is 0. The summed E-state index contributed by atoms with van der Waals surface area (Å²) in [4.78, 5) is 26.6. The molecule has 3 heterocycles. The first-order chi connectivity index (χ1) is 15.6. The van der Waals surface area contributed by atoms with Crippen molar-refractivity contribution in [3.8, 4) is 11.1 Å². The Balaban J connectivity index is 1.19. The summed E-state index contributed by atoms with van der Waals surface area (Å²) in [7, 11) is 0. The number of aryl methyl sites for hydroxylation is 1. The second kappa shape index (κ2) is 10.9. The molecule has 1 N–H and O–H groups in total. The van der Waals surface area contributed by atoms with Crippen LogP contribution in [0.2, 0.25) is 0 Å². The molecular weight excluding hydrogens is 398 g/mol. The van der Waals surface area contributed by atoms with Crippen LogP contribution in [0.15, 0.2) is 36.7 Å². The maximum atomic E-state index is 12.6. The molecule has 32 heavy (non-hydrogen) atoms. The van der Waals surface area contributed by atoms with E-state index < -0.39 is 0 Å². The van der Waals surface area contributed by atoms with E-state index in [2.05, 4.69) is 63.2 Å². The van der Waals surface area contributed by atoms with Crippen molar-refractivity contribution in [2.45, 2.75) is 58.4 Å². The van der Waals surface area contributed by atoms with Gasteiger partial charge in [0.05, 0.1) is 0 Å². The minimum Gasteiger partial charge on any atom is -0.356 e. The predicted octanol–water partition coefficient (Wildman–Crippen LogP) is 4.05. The van der Waals surface area contributed by atoms with Gasteiger partial charge in [-0.3, -0.25) is 4.79 Å². The molecule has 1 amide bonds. The molecule has 2 aromatic rings. The van der Waals surface area contributed by atoms with Crippen molar-refractivity contribution in [3.05, 3.63) is 42.2 Å². The van der Waals surface area contributed by atoms with Crippen LogP contribution in [0, 0.1) is 12.8 Å². The largest absolute Gasteiger partial charge is 0.356 e. The molecule has 1 atom stereocenters. The summed E-state index contributed by atoms with van der Waals surface area (Å²) in [6, 6.07) is 9.08. The lowest BCUT2D eigenvalue weighted by atomic mass is 9.96. The van der Waals surface area contributed by atoms with Crippen molar-refractivity contribution in [1.29, 1.82) is 0 Å². The van der Waals surface area contributed by atoms with Crippen LogP contribution < -0.4 is 10.2 Å². The molecule has 2 aliphatic heterocycles. The number of likely N-dealkylation sites (tertiary alicyclic amines) is 1. The van der Waals surface area contributed by atoms with Crippen LogP contribution in [-0.4, -0.2) is 59.5 Å². The van der Waals surface area contributed by atoms with Gasteiger partial charge in [-0.1, -0.05) is 36.2 Å². The summed E-state index contributed by atoms with van der Waals surface area (Å²) < 4.78 is 0. The first kappa shape index (κ1) is 22.7. The Morgan fingerprint density at radius 1 is 1.06 bits per heavy atom. The second-order valence-corrected chi connectivity index (χ2v) is 9.43. The Morgan fingerprint density at radius 2 is 1.84 bits per heavy atom. The molecule has 0 aliphatic carbocycles. The van der Waals surface area contributed by atoms with Gasteiger partial charge < -0.3 is 15.1 Å². The standard InChI is InChI=1S/C26H37N5O/c1-20-7-5-9-23(17-20)24-18-28-26(29-19-24)31-15-10-22(11-16-31)25(32)27-12-6-14-30-13-4-3-8-21(30)2/h5,7,9,17-19,21-22H,3-4,6,8,10-16H2,1-2H3,(H,27,32)/t21-/m1/s1. The Hall–Kier alpha value is -2.47. The summed E-state index contributed by atoms with van der Waals surface area (Å²) in [5.41, 5.74) is 3.40. The average Bonchev–Trinajstić information content (AvgIpc) is 2.83. The van der Waals surface area contributed by atoms with E-state index in [1.165, 1.54) is 31.4 Å². The van der Waals surface area contributed by atoms with Crippen LogP contribution in [-0.2, 0) is 4.79 Å². The van der Waals surface area contributed by atoms with E-state index in [1.807, 2.05) is 12.4 Å². The van der Waals surface area contributed by atoms with Crippen molar-refractivity contribution in [1.82, 2.24) is 20.2 Å². The molecule has 2 saturated heterocycles. The zero-order valence-corrected chi connectivity index (χ0v) is 19.6. The van der Waals surface area contributed by atoms with Gasteiger partial charge in [0.2, 0.25) is 11.9 Å². The topological polar surface area (TPSA) is 61.4 Å². The molecule has 0 bridgehead atoms. The predicted molar refractivity (Wildman–Crippen MR) is 130 cm³/mol. The van der Waals surface area contributed by atoms with Crippen LogP contribution in [0.4, 0.5) is 5.95 Å². The molecule has 4 rings (SSSR count). The number of carbonyl (C=O) groups excluding carboxylic acids is 1. The number of aromatic nitrogens is 2. The fourth-order valence-electron chi connectivity index (χ4n) is 4.93. The van der Waals surface area contributed by atoms with E-state index in [-0.39, 0.29) is 11.8 Å². The van der Waals surface area contributed by atoms with Gasteiger partial charge in [-0.2, -0.15) is 0 Å². The van der Waals surface area contributed by atoms with Crippen LogP contribution in [0.3, 0.4) is 0 Å². The van der Waals surface area contributed by atoms with Crippen molar-refractivity contribution < 1.29 is 4.79 Å². The Kier molecular flexibility index (Phi) is 7.74. The molecule has 6 nitrogen and oxygen atoms in total. The summed E-state index contributed by atoms with van der Waals surface area (Å²) in [5, 5.41) is 3.18. The fraction of sp³-hybridized carbons (Fsp3) is 0.577. The van der Waals surface area contributed by atoms with E-state index in [0.717, 1.165) is 62.5 Å². The monoisotopic (exact) mass is 435 g/mol. The minimum atomic E-state index is 0.103. The molecule has 6 heteroatoms. The van der Waals surface area contributed by atoms with Gasteiger partial charge >= 0.3 is 0 Å². The number of hydrogen-bond acceptors (Lipinski definition) is 5. The minimum absolute atomic E-state index is 0.103. The van der Waals surface area contributed by atoms with Crippen LogP contribution in [0.1, 0.15) is 51.0 Å². The van der Waals surface area contributed by atoms with Gasteiger partial charge in [-0.15, -0.1) is 0 Å². The van der Waals surface area contributed by atoms with Gasteiger partial charge in [0.25, 0.3) is 0 Å². The highest BCUT2D eigenvalue weighted by atomic mass is 16.1. The third kappa shape index (κ3) is 5.85. The van der Waals surface area contributed by atoms with Crippen molar-refractivity contribution in [2.24, 2.45) is 5.92 Å². The lowest BCUT2D eigenvalue weighted by molar-refractivity contribution is -0.125. The van der Waals surface area contributed by atoms with E-state index >= 15 is 0 Å². The number of amides is 1. The first-order valence-electron chi connectivity index (χ1n) is 12.3.